The van der Waals surface area contributed by atoms with Gasteiger partial charge in [0.15, 0.2) is 5.96 Å². The Bertz CT molecular complexity index is 571. The van der Waals surface area contributed by atoms with Crippen LogP contribution in [0.5, 0.6) is 0 Å². The fraction of sp³-hybridized carbons (Fsp3) is 0.920. The minimum absolute atomic E-state index is 0.252. The Morgan fingerprint density at radius 1 is 0.793 bits per heavy atom. The molecule has 1 unspecified atom stereocenters. The van der Waals surface area contributed by atoms with Crippen molar-refractivity contribution in [3.05, 3.63) is 0 Å². The van der Waals surface area contributed by atoms with Crippen molar-refractivity contribution in [2.24, 2.45) is 28.5 Å². The van der Waals surface area contributed by atoms with Crippen LogP contribution in [0.3, 0.4) is 0 Å². The lowest BCUT2D eigenvalue weighted by Gasteiger charge is -2.34. The van der Waals surface area contributed by atoms with Gasteiger partial charge in [0.25, 0.3) is 5.91 Å². The molecule has 3 fully saturated rings. The maximum Gasteiger partial charge on any atom is 0.257 e. The van der Waals surface area contributed by atoms with Crippen LogP contribution in [0.1, 0.15) is 116 Å². The van der Waals surface area contributed by atoms with Crippen LogP contribution >= 0.6 is 0 Å². The van der Waals surface area contributed by atoms with E-state index in [0.717, 1.165) is 31.7 Å². The number of nitrogens with zero attached hydrogens (tertiary/aromatic N) is 2. The smallest absolute Gasteiger partial charge is 0.257 e. The molecule has 3 aliphatic carbocycles. The average Bonchev–Trinajstić information content (AvgIpc) is 2.99. The van der Waals surface area contributed by atoms with Gasteiger partial charge in [0.1, 0.15) is 5.54 Å². The van der Waals surface area contributed by atoms with Gasteiger partial charge < -0.3 is 5.73 Å². The predicted octanol–water partition coefficient (Wildman–Crippen LogP) is 5.79. The molecule has 0 aromatic carbocycles. The lowest BCUT2D eigenvalue weighted by Crippen LogP contribution is -2.47. The van der Waals surface area contributed by atoms with E-state index in [-0.39, 0.29) is 5.91 Å². The molecule has 0 spiro atoms. The van der Waals surface area contributed by atoms with E-state index in [0.29, 0.717) is 17.8 Å². The zero-order valence-corrected chi connectivity index (χ0v) is 18.5. The fourth-order valence-electron chi connectivity index (χ4n) is 6.67. The van der Waals surface area contributed by atoms with Crippen LogP contribution in [0.2, 0.25) is 0 Å². The Kier molecular flexibility index (Phi) is 7.18. The van der Waals surface area contributed by atoms with Gasteiger partial charge in [-0.25, -0.2) is 4.99 Å². The summed E-state index contributed by atoms with van der Waals surface area (Å²) in [5.41, 5.74) is 5.89. The normalized spacial score (nSPS) is 30.7. The summed E-state index contributed by atoms with van der Waals surface area (Å²) >= 11 is 0. The first-order valence-corrected chi connectivity index (χ1v) is 12.8. The van der Waals surface area contributed by atoms with Gasteiger partial charge >= 0.3 is 0 Å². The maximum absolute atomic E-state index is 13.8. The molecule has 1 aliphatic heterocycles. The van der Waals surface area contributed by atoms with Crippen molar-refractivity contribution in [3.8, 4) is 0 Å². The van der Waals surface area contributed by atoms with E-state index in [1.807, 2.05) is 4.90 Å². The standard InChI is InChI=1S/C25H43N3O/c26-24-27-25(18-21-12-6-2-7-13-21,17-16-20-10-4-1-5-11-20)23(29)28(24)19-22-14-8-3-9-15-22/h20-22H,1-19H2,(H2,26,27). The lowest BCUT2D eigenvalue weighted by atomic mass is 9.75. The van der Waals surface area contributed by atoms with Crippen LogP contribution in [0, 0.1) is 17.8 Å². The largest absolute Gasteiger partial charge is 0.369 e. The zero-order chi connectivity index (χ0) is 20.1. The van der Waals surface area contributed by atoms with Crippen molar-refractivity contribution >= 4 is 11.9 Å². The number of nitrogens with two attached hydrogens (primary N) is 1. The second kappa shape index (κ2) is 9.83. The minimum atomic E-state index is -0.543. The molecule has 0 radical (unpaired) electrons. The van der Waals surface area contributed by atoms with Gasteiger partial charge in [0.05, 0.1) is 0 Å². The molecule has 1 atom stereocenters. The fourth-order valence-corrected chi connectivity index (χ4v) is 6.67. The molecule has 164 valence electrons. The second-order valence-corrected chi connectivity index (χ2v) is 10.7. The van der Waals surface area contributed by atoms with Crippen LogP contribution in [-0.4, -0.2) is 28.9 Å². The van der Waals surface area contributed by atoms with E-state index >= 15 is 0 Å². The van der Waals surface area contributed by atoms with Gasteiger partial charge in [-0.05, 0) is 49.9 Å². The van der Waals surface area contributed by atoms with E-state index in [9.17, 15) is 4.79 Å². The number of carbonyl (C=O) groups excluding carboxylic acids is 1. The first-order chi connectivity index (χ1) is 14.2. The van der Waals surface area contributed by atoms with Crippen molar-refractivity contribution in [1.82, 2.24) is 4.90 Å². The lowest BCUT2D eigenvalue weighted by molar-refractivity contribution is -0.133. The molecule has 4 rings (SSSR count). The number of hydrogen-bond donors (Lipinski definition) is 1. The number of rotatable bonds is 7. The molecular weight excluding hydrogens is 358 g/mol. The molecule has 3 saturated carbocycles. The number of amides is 1. The summed E-state index contributed by atoms with van der Waals surface area (Å²) in [4.78, 5) is 20.7. The maximum atomic E-state index is 13.8. The monoisotopic (exact) mass is 401 g/mol. The molecule has 0 aromatic heterocycles. The van der Waals surface area contributed by atoms with E-state index in [4.69, 9.17) is 10.7 Å². The molecule has 1 heterocycles. The zero-order valence-electron chi connectivity index (χ0n) is 18.5. The average molecular weight is 402 g/mol. The van der Waals surface area contributed by atoms with Crippen LogP contribution in [0.4, 0.5) is 0 Å². The summed E-state index contributed by atoms with van der Waals surface area (Å²) in [5.74, 6) is 2.85. The molecule has 0 bridgehead atoms. The van der Waals surface area contributed by atoms with Crippen LogP contribution in [0.25, 0.3) is 0 Å². The van der Waals surface area contributed by atoms with Crippen LogP contribution < -0.4 is 5.73 Å². The number of guanidine groups is 1. The third-order valence-electron chi connectivity index (χ3n) is 8.46. The number of hydrogen-bond acceptors (Lipinski definition) is 3. The summed E-state index contributed by atoms with van der Waals surface area (Å²) in [5, 5.41) is 0. The summed E-state index contributed by atoms with van der Waals surface area (Å²) < 4.78 is 0. The van der Waals surface area contributed by atoms with Gasteiger partial charge in [-0.3, -0.25) is 9.69 Å². The van der Waals surface area contributed by atoms with E-state index < -0.39 is 5.54 Å². The van der Waals surface area contributed by atoms with E-state index in [1.54, 1.807) is 0 Å². The van der Waals surface area contributed by atoms with Crippen molar-refractivity contribution in [3.63, 3.8) is 0 Å². The summed E-state index contributed by atoms with van der Waals surface area (Å²) in [6, 6.07) is 0. The highest BCUT2D eigenvalue weighted by Crippen LogP contribution is 2.41. The SMILES string of the molecule is NC1=NC(CCC2CCCCC2)(CC2CCCCC2)C(=O)N1CC1CCCCC1. The van der Waals surface area contributed by atoms with Crippen molar-refractivity contribution in [1.29, 1.82) is 0 Å². The third-order valence-corrected chi connectivity index (χ3v) is 8.46. The molecule has 29 heavy (non-hydrogen) atoms. The van der Waals surface area contributed by atoms with Gasteiger partial charge in [-0.1, -0.05) is 83.5 Å². The van der Waals surface area contributed by atoms with Crippen molar-refractivity contribution < 1.29 is 4.79 Å². The third kappa shape index (κ3) is 5.17. The highest BCUT2D eigenvalue weighted by molar-refractivity contribution is 6.06. The quantitative estimate of drug-likeness (QED) is 0.586. The summed E-state index contributed by atoms with van der Waals surface area (Å²) in [6.07, 6.45) is 22.8. The molecule has 4 heteroatoms. The second-order valence-electron chi connectivity index (χ2n) is 10.7. The molecule has 4 nitrogen and oxygen atoms in total. The van der Waals surface area contributed by atoms with Gasteiger partial charge in [0, 0.05) is 6.54 Å². The minimum Gasteiger partial charge on any atom is -0.369 e. The molecule has 2 N–H and O–H groups in total. The molecule has 4 aliphatic rings. The van der Waals surface area contributed by atoms with E-state index in [1.165, 1.54) is 96.3 Å². The van der Waals surface area contributed by atoms with Crippen LogP contribution in [0.15, 0.2) is 4.99 Å². The molecule has 0 saturated heterocycles. The highest BCUT2D eigenvalue weighted by atomic mass is 16.2. The molecular formula is C25H43N3O. The van der Waals surface area contributed by atoms with Crippen molar-refractivity contribution in [2.75, 3.05) is 6.54 Å². The van der Waals surface area contributed by atoms with Gasteiger partial charge in [-0.2, -0.15) is 0 Å². The number of aliphatic imine (C=N–C) groups is 1. The Morgan fingerprint density at radius 3 is 1.90 bits per heavy atom. The Labute approximate surface area is 178 Å². The summed E-state index contributed by atoms with van der Waals surface area (Å²) in [6.45, 7) is 0.810. The Balaban J connectivity index is 1.46. The first-order valence-electron chi connectivity index (χ1n) is 12.8. The van der Waals surface area contributed by atoms with Gasteiger partial charge in [0.2, 0.25) is 0 Å². The number of carbonyl (C=O) groups is 1. The van der Waals surface area contributed by atoms with Crippen molar-refractivity contribution in [2.45, 2.75) is 121 Å². The van der Waals surface area contributed by atoms with Gasteiger partial charge in [-0.15, -0.1) is 0 Å². The molecule has 1 amide bonds. The Morgan fingerprint density at radius 2 is 1.31 bits per heavy atom. The highest BCUT2D eigenvalue weighted by Gasteiger charge is 2.49. The topological polar surface area (TPSA) is 58.7 Å². The predicted molar refractivity (Wildman–Crippen MR) is 120 cm³/mol. The molecule has 0 aromatic rings. The van der Waals surface area contributed by atoms with E-state index in [2.05, 4.69) is 0 Å². The Hall–Kier alpha value is -1.06. The van der Waals surface area contributed by atoms with Crippen LogP contribution in [-0.2, 0) is 4.79 Å². The first kappa shape index (κ1) is 21.2. The summed E-state index contributed by atoms with van der Waals surface area (Å²) in [7, 11) is 0.